The first-order valence-electron chi connectivity index (χ1n) is 31.3. The Morgan fingerprint density at radius 2 is 1.19 bits per heavy atom. The maximum Gasteiger partial charge on any atom is 0.407 e. The van der Waals surface area contributed by atoms with Gasteiger partial charge in [0.1, 0.15) is 22.9 Å². The molecule has 8 bridgehead atoms. The van der Waals surface area contributed by atoms with Gasteiger partial charge in [-0.25, -0.2) is 37.0 Å². The number of hydrogen-bond donors (Lipinski definition) is 9. The summed E-state index contributed by atoms with van der Waals surface area (Å²) in [4.78, 5) is 32.8. The van der Waals surface area contributed by atoms with Gasteiger partial charge < -0.3 is 50.9 Å². The van der Waals surface area contributed by atoms with Crippen molar-refractivity contribution in [2.75, 3.05) is 43.1 Å². The summed E-state index contributed by atoms with van der Waals surface area (Å²) in [5, 5.41) is 71.7. The number of phenols is 3. The van der Waals surface area contributed by atoms with Crippen LogP contribution in [0.25, 0.3) is 101 Å². The molecule has 0 saturated heterocycles. The Hall–Kier alpha value is -9.26. The van der Waals surface area contributed by atoms with Crippen LogP contribution in [0.3, 0.4) is 0 Å². The molecule has 4 aromatic carbocycles. The van der Waals surface area contributed by atoms with Gasteiger partial charge in [-0.2, -0.15) is 0 Å². The normalized spacial score (nSPS) is 19.4. The molecule has 25 heteroatoms. The number of phenolic OH excluding ortho intramolecular Hbond substituents is 3. The Morgan fingerprint density at radius 3 is 1.72 bits per heavy atom. The first-order valence-corrected chi connectivity index (χ1v) is 33.8. The van der Waals surface area contributed by atoms with Crippen molar-refractivity contribution in [1.82, 2.24) is 40.2 Å². The van der Waals surface area contributed by atoms with Crippen LogP contribution in [0, 0.1) is 46.9 Å². The zero-order chi connectivity index (χ0) is 65.1. The third-order valence-electron chi connectivity index (χ3n) is 18.5. The highest BCUT2D eigenvalue weighted by Crippen LogP contribution is 2.53. The Balaban J connectivity index is 0.700. The van der Waals surface area contributed by atoms with E-state index in [4.69, 9.17) is 14.7 Å². The number of H-pyrrole nitrogens is 2. The number of azide groups is 1. The zero-order valence-electron chi connectivity index (χ0n) is 50.7. The molecule has 2 aliphatic heterocycles. The van der Waals surface area contributed by atoms with Crippen LogP contribution in [-0.4, -0.2) is 117 Å². The summed E-state index contributed by atoms with van der Waals surface area (Å²) >= 11 is 0. The highest BCUT2D eigenvalue weighted by molar-refractivity contribution is 8.76. The number of aromatic nitrogens is 7. The number of anilines is 1. The largest absolute Gasteiger partial charge is 0.508 e. The van der Waals surface area contributed by atoms with Gasteiger partial charge in [-0.15, -0.1) is 5.10 Å². The number of ether oxygens (including phenoxy) is 1. The quantitative estimate of drug-likeness (QED) is 0.00735. The number of aliphatic hydroxyl groups is 2. The summed E-state index contributed by atoms with van der Waals surface area (Å²) in [6.07, 6.45) is 11.9. The maximum absolute atomic E-state index is 17.1. The molecule has 5 aliphatic rings. The fraction of sp³-hybridized carbons (Fsp3) is 0.319. The van der Waals surface area contributed by atoms with Crippen molar-refractivity contribution in [3.63, 3.8) is 0 Å². The van der Waals surface area contributed by atoms with E-state index in [1.807, 2.05) is 16.8 Å². The van der Waals surface area contributed by atoms with Crippen LogP contribution >= 0.6 is 21.6 Å². The van der Waals surface area contributed by atoms with Crippen LogP contribution in [-0.2, 0) is 17.6 Å². The molecule has 4 aromatic heterocycles. The standard InChI is InChI=1S/C69H66F4N12O7S2/c70-64-63(65(71)67(73)68(66(64)72)75-26-28-93-94-29-27-76-69(91)92-35-46-43-14-16-47-56(25-15-44(43)46)85(84-82-47)57-33-39(81-83-74)9-1-2-13-45(57)58(90)34-86)62-54-23-21-52(79-54)60(37-7-4-11-41(88)31-37)50-19-17-48(77-50)59(36-6-3-10-40(87)30-36)49-18-20-51(78-49)61(53-22-24-55(62)80-53)38-8-5-12-42(89)32-38/h3-8,10-12,17-24,30-32,39,43-46,57-58,75,77,80,86-90H,1-2,9,13-16,25-29,33-35H2,(H,76,91)/t39?,43-,44+,45?,46+,57?,58?/m1/s1. The summed E-state index contributed by atoms with van der Waals surface area (Å²) in [5.74, 6) is -5.47. The second kappa shape index (κ2) is 27.7. The predicted octanol–water partition coefficient (Wildman–Crippen LogP) is 14.7. The summed E-state index contributed by atoms with van der Waals surface area (Å²) in [7, 11) is 2.70. The fourth-order valence-electron chi connectivity index (χ4n) is 14.0. The lowest BCUT2D eigenvalue weighted by Gasteiger charge is -2.34. The number of aromatic hydroxyl groups is 3. The van der Waals surface area contributed by atoms with Gasteiger partial charge in [0.25, 0.3) is 0 Å². The number of aryl methyl sites for hydroxylation is 1. The highest BCUT2D eigenvalue weighted by atomic mass is 33.1. The Kier molecular flexibility index (Phi) is 18.7. The van der Waals surface area contributed by atoms with Gasteiger partial charge in [-0.05, 0) is 170 Å². The van der Waals surface area contributed by atoms with Crippen molar-refractivity contribution in [1.29, 1.82) is 0 Å². The van der Waals surface area contributed by atoms with E-state index >= 15 is 17.6 Å². The Labute approximate surface area is 544 Å². The summed E-state index contributed by atoms with van der Waals surface area (Å²) < 4.78 is 75.0. The van der Waals surface area contributed by atoms with Crippen LogP contribution in [0.2, 0.25) is 0 Å². The molecule has 484 valence electrons. The first kappa shape index (κ1) is 63.5. The van der Waals surface area contributed by atoms with Gasteiger partial charge >= 0.3 is 6.09 Å². The van der Waals surface area contributed by atoms with Gasteiger partial charge in [-0.3, -0.25) is 0 Å². The van der Waals surface area contributed by atoms with Crippen LogP contribution in [0.1, 0.15) is 85.2 Å². The van der Waals surface area contributed by atoms with E-state index in [9.17, 15) is 35.9 Å². The number of benzene rings is 4. The molecule has 2 saturated carbocycles. The van der Waals surface area contributed by atoms with Crippen LogP contribution in [0.4, 0.5) is 28.0 Å². The molecule has 1 amide bonds. The van der Waals surface area contributed by atoms with Crippen molar-refractivity contribution >= 4 is 79.7 Å². The third-order valence-corrected chi connectivity index (χ3v) is 20.9. The molecular formula is C69H66F4N12O7S2. The molecular weight excluding hydrogens is 1250 g/mol. The minimum Gasteiger partial charge on any atom is -0.508 e. The van der Waals surface area contributed by atoms with E-state index in [0.29, 0.717) is 105 Å². The number of nitrogens with one attached hydrogen (secondary N) is 4. The second-order valence-electron chi connectivity index (χ2n) is 24.1. The van der Waals surface area contributed by atoms with Crippen LogP contribution in [0.15, 0.2) is 102 Å². The van der Waals surface area contributed by atoms with Crippen molar-refractivity contribution in [3.05, 3.63) is 165 Å². The Bertz CT molecular complexity index is 4440. The number of hydrogen-bond acceptors (Lipinski definition) is 15. The molecule has 3 aliphatic carbocycles. The average molecular weight is 1320 g/mol. The molecule has 94 heavy (non-hydrogen) atoms. The molecule has 7 atom stereocenters. The number of carbonyl (C=O) groups excluding carboxylic acids is 1. The third kappa shape index (κ3) is 13.1. The lowest BCUT2D eigenvalue weighted by Crippen LogP contribution is -2.36. The van der Waals surface area contributed by atoms with Crippen LogP contribution in [0.5, 0.6) is 17.2 Å². The SMILES string of the molecule is [N-]=[N+]=NC1CCCCC(C(O)CO)C(n2nnc3c2CC[C@H]2[C@@H](CC3)[C@@H]2COC(=O)NCCSSCCNc2c(F)c(F)c(-c3c4nc(c(-c5cccc(O)c5)c5ccc([nH]5)c(-c5cccc(O)c5)c5nc(c(-c6cccc(O)c6)c6ccc3[nH]6)C=C5)C=C4)c(F)c2F)C1. The molecule has 13 rings (SSSR count). The molecule has 4 unspecified atom stereocenters. The maximum atomic E-state index is 17.1. The van der Waals surface area contributed by atoms with E-state index in [2.05, 4.69) is 40.9 Å². The van der Waals surface area contributed by atoms with E-state index in [-0.39, 0.29) is 95.7 Å². The lowest BCUT2D eigenvalue weighted by atomic mass is 9.81. The van der Waals surface area contributed by atoms with Gasteiger partial charge in [-0.1, -0.05) is 81.2 Å². The molecule has 0 radical (unpaired) electrons. The van der Waals surface area contributed by atoms with Crippen molar-refractivity contribution < 1.29 is 52.6 Å². The van der Waals surface area contributed by atoms with E-state index in [1.54, 1.807) is 72.8 Å². The van der Waals surface area contributed by atoms with Gasteiger partial charge in [0, 0.05) is 85.8 Å². The summed E-state index contributed by atoms with van der Waals surface area (Å²) in [6.45, 7) is 0.0473. The molecule has 9 N–H and O–H groups in total. The summed E-state index contributed by atoms with van der Waals surface area (Å²) in [5.41, 5.74) is 14.5. The van der Waals surface area contributed by atoms with E-state index in [0.717, 1.165) is 43.5 Å². The molecule has 8 aromatic rings. The number of fused-ring (bicyclic) bond motifs is 10. The molecule has 6 heterocycles. The van der Waals surface area contributed by atoms with Gasteiger partial charge in [0.05, 0.1) is 65.1 Å². The minimum absolute atomic E-state index is 0.0195. The molecule has 2 fully saturated rings. The van der Waals surface area contributed by atoms with Gasteiger partial charge in [0.15, 0.2) is 23.3 Å². The number of aromatic amines is 2. The summed E-state index contributed by atoms with van der Waals surface area (Å²) in [6, 6.07) is 25.8. The molecule has 0 spiro atoms. The average Bonchev–Trinajstić information content (AvgIpc) is 1.78. The monoisotopic (exact) mass is 1310 g/mol. The number of rotatable bonds is 18. The minimum atomic E-state index is -1.68. The van der Waals surface area contributed by atoms with Crippen molar-refractivity contribution in [3.8, 4) is 61.8 Å². The zero-order valence-corrected chi connectivity index (χ0v) is 52.3. The van der Waals surface area contributed by atoms with E-state index < -0.39 is 46.7 Å². The smallest absolute Gasteiger partial charge is 0.407 e. The highest BCUT2D eigenvalue weighted by Gasteiger charge is 2.51. The number of halogens is 4. The first-order chi connectivity index (χ1) is 45.7. The number of carbonyl (C=O) groups is 1. The van der Waals surface area contributed by atoms with E-state index in [1.165, 1.54) is 58.0 Å². The van der Waals surface area contributed by atoms with Crippen LogP contribution < -0.4 is 10.6 Å². The number of amides is 1. The topological polar surface area (TPSA) is 288 Å². The van der Waals surface area contributed by atoms with Gasteiger partial charge in [0.2, 0.25) is 0 Å². The van der Waals surface area contributed by atoms with Crippen molar-refractivity contribution in [2.24, 2.45) is 28.8 Å². The van der Waals surface area contributed by atoms with Crippen molar-refractivity contribution in [2.45, 2.75) is 76.0 Å². The number of nitrogens with zero attached hydrogens (tertiary/aromatic N) is 8. The lowest BCUT2D eigenvalue weighted by molar-refractivity contribution is 0.0111. The second-order valence-corrected chi connectivity index (χ2v) is 26.8. The Morgan fingerprint density at radius 1 is 0.681 bits per heavy atom. The number of alkyl carbamates (subject to hydrolysis) is 1. The number of aliphatic hydroxyl groups excluding tert-OH is 2. The molecule has 19 nitrogen and oxygen atoms in total. The fourth-order valence-corrected chi connectivity index (χ4v) is 15.8. The predicted molar refractivity (Wildman–Crippen MR) is 357 cm³/mol.